The number of hydrogen-bond donors (Lipinski definition) is 1. The zero-order valence-corrected chi connectivity index (χ0v) is 12.8. The maximum atomic E-state index is 12.5. The van der Waals surface area contributed by atoms with E-state index in [-0.39, 0.29) is 12.1 Å². The molecule has 0 amide bonds. The van der Waals surface area contributed by atoms with Gasteiger partial charge in [0.15, 0.2) is 0 Å². The second kappa shape index (κ2) is 6.59. The van der Waals surface area contributed by atoms with Crippen molar-refractivity contribution in [3.05, 3.63) is 51.8 Å². The normalized spacial score (nSPS) is 10.7. The van der Waals surface area contributed by atoms with Gasteiger partial charge in [0.2, 0.25) is 0 Å². The van der Waals surface area contributed by atoms with Gasteiger partial charge in [-0.05, 0) is 48.7 Å². The Morgan fingerprint density at radius 2 is 2.00 bits per heavy atom. The van der Waals surface area contributed by atoms with Crippen molar-refractivity contribution in [2.75, 3.05) is 7.11 Å². The minimum atomic E-state index is 0.00493. The highest BCUT2D eigenvalue weighted by atomic mass is 16.5. The first-order valence-corrected chi connectivity index (χ1v) is 7.20. The summed E-state index contributed by atoms with van der Waals surface area (Å²) in [6, 6.07) is 9.75. The predicted molar refractivity (Wildman–Crippen MR) is 85.6 cm³/mol. The van der Waals surface area contributed by atoms with Crippen LogP contribution in [0.4, 0.5) is 0 Å². The number of rotatable bonds is 5. The average molecular weight is 286 g/mol. The van der Waals surface area contributed by atoms with Gasteiger partial charge in [0.25, 0.3) is 5.56 Å². The lowest BCUT2D eigenvalue weighted by atomic mass is 10.1. The maximum absolute atomic E-state index is 12.5. The van der Waals surface area contributed by atoms with E-state index < -0.39 is 0 Å². The molecule has 1 aromatic carbocycles. The zero-order valence-electron chi connectivity index (χ0n) is 12.8. The van der Waals surface area contributed by atoms with Crippen molar-refractivity contribution in [3.8, 4) is 17.0 Å². The van der Waals surface area contributed by atoms with Crippen LogP contribution in [0.5, 0.6) is 5.75 Å². The van der Waals surface area contributed by atoms with Crippen LogP contribution >= 0.6 is 0 Å². The van der Waals surface area contributed by atoms with Crippen LogP contribution in [0.25, 0.3) is 11.3 Å². The summed E-state index contributed by atoms with van der Waals surface area (Å²) >= 11 is 0. The van der Waals surface area contributed by atoms with E-state index in [1.165, 1.54) is 0 Å². The number of nitrogens with two attached hydrogens (primary N) is 1. The molecule has 0 aliphatic heterocycles. The molecule has 2 rings (SSSR count). The highest BCUT2D eigenvalue weighted by Gasteiger charge is 2.10. The first-order chi connectivity index (χ1) is 10.1. The second-order valence-electron chi connectivity index (χ2n) is 5.09. The van der Waals surface area contributed by atoms with Crippen LogP contribution in [0.1, 0.15) is 24.5 Å². The van der Waals surface area contributed by atoms with Crippen LogP contribution < -0.4 is 16.0 Å². The molecule has 0 spiro atoms. The molecular formula is C17H22N2O2. The molecule has 0 fully saturated rings. The average Bonchev–Trinajstić information content (AvgIpc) is 2.49. The van der Waals surface area contributed by atoms with Gasteiger partial charge in [-0.15, -0.1) is 0 Å². The van der Waals surface area contributed by atoms with Crippen LogP contribution in [-0.2, 0) is 13.1 Å². The largest absolute Gasteiger partial charge is 0.496 e. The zero-order chi connectivity index (χ0) is 15.4. The Hall–Kier alpha value is -2.07. The molecule has 0 unspecified atom stereocenters. The molecule has 0 aliphatic rings. The van der Waals surface area contributed by atoms with E-state index in [4.69, 9.17) is 10.5 Å². The molecule has 0 radical (unpaired) electrons. The molecule has 2 N–H and O–H groups in total. The van der Waals surface area contributed by atoms with Crippen LogP contribution in [0.2, 0.25) is 0 Å². The summed E-state index contributed by atoms with van der Waals surface area (Å²) in [5.74, 6) is 0.849. The molecule has 0 saturated heterocycles. The van der Waals surface area contributed by atoms with E-state index in [0.717, 1.165) is 29.0 Å². The molecule has 2 aromatic rings. The lowest BCUT2D eigenvalue weighted by molar-refractivity contribution is 0.412. The number of aromatic nitrogens is 1. The Labute approximate surface area is 125 Å². The van der Waals surface area contributed by atoms with Gasteiger partial charge in [0, 0.05) is 18.7 Å². The Morgan fingerprint density at radius 1 is 1.24 bits per heavy atom. The molecule has 1 heterocycles. The topological polar surface area (TPSA) is 57.2 Å². The van der Waals surface area contributed by atoms with Crippen molar-refractivity contribution in [3.63, 3.8) is 0 Å². The minimum Gasteiger partial charge on any atom is -0.496 e. The third-order valence-electron chi connectivity index (χ3n) is 3.61. The van der Waals surface area contributed by atoms with Gasteiger partial charge in [-0.25, -0.2) is 0 Å². The second-order valence-corrected chi connectivity index (χ2v) is 5.09. The first kappa shape index (κ1) is 15.3. The lowest BCUT2D eigenvalue weighted by Gasteiger charge is -2.15. The van der Waals surface area contributed by atoms with E-state index in [0.29, 0.717) is 12.1 Å². The Bertz CT molecular complexity index is 690. The fourth-order valence-corrected chi connectivity index (χ4v) is 2.51. The van der Waals surface area contributed by atoms with E-state index in [9.17, 15) is 4.79 Å². The van der Waals surface area contributed by atoms with Crippen molar-refractivity contribution < 1.29 is 4.74 Å². The third kappa shape index (κ3) is 3.00. The quantitative estimate of drug-likeness (QED) is 0.919. The molecular weight excluding hydrogens is 264 g/mol. The Morgan fingerprint density at radius 3 is 2.57 bits per heavy atom. The molecule has 0 atom stereocenters. The highest BCUT2D eigenvalue weighted by Crippen LogP contribution is 2.25. The summed E-state index contributed by atoms with van der Waals surface area (Å²) in [5.41, 5.74) is 9.28. The molecule has 1 aromatic heterocycles. The van der Waals surface area contributed by atoms with Crippen molar-refractivity contribution in [1.29, 1.82) is 0 Å². The van der Waals surface area contributed by atoms with Gasteiger partial charge >= 0.3 is 0 Å². The molecule has 0 bridgehead atoms. The van der Waals surface area contributed by atoms with Gasteiger partial charge in [-0.1, -0.05) is 13.0 Å². The summed E-state index contributed by atoms with van der Waals surface area (Å²) < 4.78 is 7.10. The van der Waals surface area contributed by atoms with Gasteiger partial charge < -0.3 is 15.0 Å². The van der Waals surface area contributed by atoms with Gasteiger partial charge in [-0.2, -0.15) is 0 Å². The molecule has 21 heavy (non-hydrogen) atoms. The number of nitrogens with zero attached hydrogens (tertiary/aromatic N) is 1. The summed E-state index contributed by atoms with van der Waals surface area (Å²) in [4.78, 5) is 12.5. The smallest absolute Gasteiger partial charge is 0.255 e. The van der Waals surface area contributed by atoms with Crippen LogP contribution in [0, 0.1) is 6.92 Å². The molecule has 0 aliphatic carbocycles. The van der Waals surface area contributed by atoms with Crippen molar-refractivity contribution in [1.82, 2.24) is 4.57 Å². The van der Waals surface area contributed by atoms with E-state index in [1.807, 2.05) is 41.8 Å². The van der Waals surface area contributed by atoms with Gasteiger partial charge in [0.1, 0.15) is 5.75 Å². The summed E-state index contributed by atoms with van der Waals surface area (Å²) in [6.07, 6.45) is 0.899. The van der Waals surface area contributed by atoms with E-state index in [2.05, 4.69) is 6.92 Å². The Kier molecular flexibility index (Phi) is 4.81. The number of ether oxygens (including phenoxy) is 1. The fraction of sp³-hybridized carbons (Fsp3) is 0.353. The number of methoxy groups -OCH3 is 1. The number of benzene rings is 1. The standard InChI is InChI=1S/C17H22N2O2/c1-4-9-19-15(7-5-14(11-18)17(19)20)13-6-8-16(21-3)12(2)10-13/h5-8,10H,4,9,11,18H2,1-3H3. The van der Waals surface area contributed by atoms with Gasteiger partial charge in [0.05, 0.1) is 12.8 Å². The number of hydrogen-bond acceptors (Lipinski definition) is 3. The minimum absolute atomic E-state index is 0.00493. The maximum Gasteiger partial charge on any atom is 0.255 e. The predicted octanol–water partition coefficient (Wildman–Crippen LogP) is 2.70. The molecule has 4 nitrogen and oxygen atoms in total. The van der Waals surface area contributed by atoms with Crippen LogP contribution in [-0.4, -0.2) is 11.7 Å². The summed E-state index contributed by atoms with van der Waals surface area (Å²) in [5, 5.41) is 0. The van der Waals surface area contributed by atoms with Crippen LogP contribution in [0.3, 0.4) is 0 Å². The van der Waals surface area contributed by atoms with Gasteiger partial charge in [-0.3, -0.25) is 4.79 Å². The van der Waals surface area contributed by atoms with Crippen molar-refractivity contribution in [2.45, 2.75) is 33.4 Å². The molecule has 0 saturated carbocycles. The first-order valence-electron chi connectivity index (χ1n) is 7.20. The monoisotopic (exact) mass is 286 g/mol. The highest BCUT2D eigenvalue weighted by molar-refractivity contribution is 5.62. The van der Waals surface area contributed by atoms with E-state index >= 15 is 0 Å². The van der Waals surface area contributed by atoms with Crippen molar-refractivity contribution in [2.24, 2.45) is 5.73 Å². The summed E-state index contributed by atoms with van der Waals surface area (Å²) in [7, 11) is 1.66. The Balaban J connectivity index is 2.60. The number of aryl methyl sites for hydroxylation is 1. The summed E-state index contributed by atoms with van der Waals surface area (Å²) in [6.45, 7) is 5.01. The van der Waals surface area contributed by atoms with E-state index in [1.54, 1.807) is 7.11 Å². The number of pyridine rings is 1. The molecule has 4 heteroatoms. The van der Waals surface area contributed by atoms with Crippen molar-refractivity contribution >= 4 is 0 Å². The lowest BCUT2D eigenvalue weighted by Crippen LogP contribution is -2.26. The third-order valence-corrected chi connectivity index (χ3v) is 3.61. The fourth-order valence-electron chi connectivity index (χ4n) is 2.51. The van der Waals surface area contributed by atoms with Crippen LogP contribution in [0.15, 0.2) is 35.1 Å². The molecule has 112 valence electrons. The SMILES string of the molecule is CCCn1c(-c2ccc(OC)c(C)c2)ccc(CN)c1=O.